The molecule has 0 aliphatic heterocycles. The van der Waals surface area contributed by atoms with Gasteiger partial charge in [0.1, 0.15) is 0 Å². The molecule has 0 aromatic heterocycles. The van der Waals surface area contributed by atoms with Crippen molar-refractivity contribution in [2.75, 3.05) is 6.54 Å². The predicted octanol–water partition coefficient (Wildman–Crippen LogP) is 2.37. The molecule has 0 amide bonds. The van der Waals surface area contributed by atoms with E-state index in [1.165, 1.54) is 0 Å². The third-order valence-electron chi connectivity index (χ3n) is 1.79. The van der Waals surface area contributed by atoms with E-state index < -0.39 is 8.74 Å². The van der Waals surface area contributed by atoms with Gasteiger partial charge in [-0.15, -0.1) is 0 Å². The number of rotatable bonds is 4. The summed E-state index contributed by atoms with van der Waals surface area (Å²) in [6.07, 6.45) is 0.541. The third-order valence-corrected chi connectivity index (χ3v) is 2.92. The van der Waals surface area contributed by atoms with E-state index in [1.54, 1.807) is 0 Å². The normalized spacial score (nSPS) is 13.6. The maximum Gasteiger partial charge on any atom is 0.422 e. The number of hydrogen-bond acceptors (Lipinski definition) is 1. The predicted molar refractivity (Wildman–Crippen MR) is 46.1 cm³/mol. The lowest BCUT2D eigenvalue weighted by Gasteiger charge is -2.22. The van der Waals surface area contributed by atoms with E-state index in [0.717, 1.165) is 6.55 Å². The molecule has 0 bridgehead atoms. The Morgan fingerprint density at radius 2 is 1.82 bits per heavy atom. The van der Waals surface area contributed by atoms with Crippen LogP contribution in [0, 0.1) is 5.41 Å². The van der Waals surface area contributed by atoms with Crippen LogP contribution in [-0.2, 0) is 0 Å². The minimum absolute atomic E-state index is 0.0667. The number of halogens is 2. The Kier molecular flexibility index (Phi) is 3.64. The highest BCUT2D eigenvalue weighted by atomic mass is 28.4. The largest absolute Gasteiger partial charge is 0.422 e. The Balaban J connectivity index is 3.70. The molecule has 1 nitrogen and oxygen atoms in total. The van der Waals surface area contributed by atoms with E-state index in [4.69, 9.17) is 5.73 Å². The lowest BCUT2D eigenvalue weighted by molar-refractivity contribution is 0.355. The molecule has 0 aromatic carbocycles. The Morgan fingerprint density at radius 3 is 2.09 bits per heavy atom. The zero-order valence-electron chi connectivity index (χ0n) is 7.45. The summed E-state index contributed by atoms with van der Waals surface area (Å²) < 4.78 is 25.0. The summed E-state index contributed by atoms with van der Waals surface area (Å²) in [5.74, 6) is 0. The van der Waals surface area contributed by atoms with Gasteiger partial charge in [-0.2, -0.15) is 0 Å². The standard InChI is InChI=1S/C7H17F2NSi/c1-7(2,6-10)4-5-11(3,8)9/h4-6,10H2,1-3H3. The smallest absolute Gasteiger partial charge is 0.330 e. The summed E-state index contributed by atoms with van der Waals surface area (Å²) in [7, 11) is -3.84. The van der Waals surface area contributed by atoms with Crippen LogP contribution in [0.1, 0.15) is 20.3 Å². The van der Waals surface area contributed by atoms with Crippen LogP contribution < -0.4 is 5.73 Å². The maximum absolute atomic E-state index is 12.5. The van der Waals surface area contributed by atoms with E-state index in [-0.39, 0.29) is 11.5 Å². The summed E-state index contributed by atoms with van der Waals surface area (Å²) in [5.41, 5.74) is 5.29. The summed E-state index contributed by atoms with van der Waals surface area (Å²) in [6.45, 7) is 5.41. The molecular weight excluding hydrogens is 164 g/mol. The third kappa shape index (κ3) is 6.44. The fraction of sp³-hybridized carbons (Fsp3) is 1.00. The van der Waals surface area contributed by atoms with Gasteiger partial charge in [0, 0.05) is 0 Å². The first-order chi connectivity index (χ1) is 4.77. The molecule has 11 heavy (non-hydrogen) atoms. The second kappa shape index (κ2) is 3.63. The average molecular weight is 181 g/mol. The molecule has 4 heteroatoms. The van der Waals surface area contributed by atoms with Crippen molar-refractivity contribution in [2.45, 2.75) is 32.9 Å². The topological polar surface area (TPSA) is 26.0 Å². The molecule has 0 rings (SSSR count). The molecule has 0 saturated heterocycles. The van der Waals surface area contributed by atoms with Crippen molar-refractivity contribution < 1.29 is 8.22 Å². The van der Waals surface area contributed by atoms with Crippen molar-refractivity contribution in [2.24, 2.45) is 11.1 Å². The Labute approximate surface area is 68.3 Å². The van der Waals surface area contributed by atoms with Gasteiger partial charge in [0.05, 0.1) is 0 Å². The van der Waals surface area contributed by atoms with Gasteiger partial charge < -0.3 is 5.73 Å². The lowest BCUT2D eigenvalue weighted by atomic mass is 9.91. The first-order valence-corrected chi connectivity index (χ1v) is 6.31. The fourth-order valence-electron chi connectivity index (χ4n) is 0.660. The molecule has 0 spiro atoms. The van der Waals surface area contributed by atoms with Gasteiger partial charge in [-0.3, -0.25) is 8.22 Å². The van der Waals surface area contributed by atoms with Crippen LogP contribution >= 0.6 is 0 Å². The van der Waals surface area contributed by atoms with Crippen LogP contribution in [0.4, 0.5) is 8.22 Å². The van der Waals surface area contributed by atoms with Crippen LogP contribution in [0.3, 0.4) is 0 Å². The van der Waals surface area contributed by atoms with Crippen LogP contribution in [-0.4, -0.2) is 15.3 Å². The minimum atomic E-state index is -3.84. The molecule has 0 atom stereocenters. The van der Waals surface area contributed by atoms with Crippen molar-refractivity contribution in [3.05, 3.63) is 0 Å². The van der Waals surface area contributed by atoms with E-state index in [2.05, 4.69) is 0 Å². The van der Waals surface area contributed by atoms with Crippen molar-refractivity contribution in [3.8, 4) is 0 Å². The van der Waals surface area contributed by atoms with Gasteiger partial charge in [0.25, 0.3) is 0 Å². The minimum Gasteiger partial charge on any atom is -0.330 e. The van der Waals surface area contributed by atoms with E-state index >= 15 is 0 Å². The number of hydrogen-bond donors (Lipinski definition) is 1. The molecular formula is C7H17F2NSi. The van der Waals surface area contributed by atoms with Gasteiger partial charge in [-0.25, -0.2) is 0 Å². The zero-order valence-corrected chi connectivity index (χ0v) is 8.45. The van der Waals surface area contributed by atoms with Gasteiger partial charge in [-0.1, -0.05) is 13.8 Å². The highest BCUT2D eigenvalue weighted by Gasteiger charge is 2.30. The second-order valence-corrected chi connectivity index (χ2v) is 6.58. The average Bonchev–Trinajstić information content (AvgIpc) is 1.83. The molecule has 0 radical (unpaired) electrons. The van der Waals surface area contributed by atoms with E-state index in [1.807, 2.05) is 13.8 Å². The monoisotopic (exact) mass is 181 g/mol. The van der Waals surface area contributed by atoms with Gasteiger partial charge >= 0.3 is 8.74 Å². The van der Waals surface area contributed by atoms with Gasteiger partial charge in [0.15, 0.2) is 0 Å². The molecule has 0 aromatic rings. The summed E-state index contributed by atoms with van der Waals surface area (Å²) in [4.78, 5) is 0. The van der Waals surface area contributed by atoms with Gasteiger partial charge in [-0.05, 0) is 31.0 Å². The molecule has 0 unspecified atom stereocenters. The molecule has 0 aliphatic rings. The first kappa shape index (κ1) is 11.0. The highest BCUT2D eigenvalue weighted by Crippen LogP contribution is 2.26. The van der Waals surface area contributed by atoms with Crippen LogP contribution in [0.5, 0.6) is 0 Å². The van der Waals surface area contributed by atoms with Crippen LogP contribution in [0.2, 0.25) is 12.6 Å². The molecule has 0 heterocycles. The first-order valence-electron chi connectivity index (χ1n) is 3.85. The SMILES string of the molecule is CC(C)(CN)CC[Si](C)(F)F. The zero-order chi connectivity index (χ0) is 9.12. The van der Waals surface area contributed by atoms with E-state index in [0.29, 0.717) is 13.0 Å². The van der Waals surface area contributed by atoms with Crippen LogP contribution in [0.15, 0.2) is 0 Å². The van der Waals surface area contributed by atoms with Crippen molar-refractivity contribution in [1.82, 2.24) is 0 Å². The quantitative estimate of drug-likeness (QED) is 0.523. The molecule has 0 aliphatic carbocycles. The second-order valence-electron chi connectivity index (χ2n) is 3.94. The number of nitrogens with two attached hydrogens (primary N) is 1. The van der Waals surface area contributed by atoms with Crippen molar-refractivity contribution in [1.29, 1.82) is 0 Å². The van der Waals surface area contributed by atoms with Crippen molar-refractivity contribution >= 4 is 8.74 Å². The molecule has 68 valence electrons. The van der Waals surface area contributed by atoms with E-state index in [9.17, 15) is 8.22 Å². The van der Waals surface area contributed by atoms with Crippen molar-refractivity contribution in [3.63, 3.8) is 0 Å². The fourth-order valence-corrected chi connectivity index (χ4v) is 1.78. The highest BCUT2D eigenvalue weighted by molar-refractivity contribution is 6.64. The van der Waals surface area contributed by atoms with Crippen LogP contribution in [0.25, 0.3) is 0 Å². The summed E-state index contributed by atoms with van der Waals surface area (Å²) in [5, 5.41) is 0. The van der Waals surface area contributed by atoms with Gasteiger partial charge in [0.2, 0.25) is 0 Å². The summed E-state index contributed by atoms with van der Waals surface area (Å²) in [6, 6.07) is 0.0667. The summed E-state index contributed by atoms with van der Waals surface area (Å²) >= 11 is 0. The Morgan fingerprint density at radius 1 is 1.36 bits per heavy atom. The molecule has 0 saturated carbocycles. The maximum atomic E-state index is 12.5. The Bertz CT molecular complexity index is 120. The Hall–Kier alpha value is 0.0369. The lowest BCUT2D eigenvalue weighted by Crippen LogP contribution is -2.27. The molecule has 2 N–H and O–H groups in total. The molecule has 0 fully saturated rings.